The predicted molar refractivity (Wildman–Crippen MR) is 72.8 cm³/mol. The quantitative estimate of drug-likeness (QED) is 0.614. The minimum absolute atomic E-state index is 0.220. The van der Waals surface area contributed by atoms with Crippen LogP contribution >= 0.6 is 0 Å². The molecule has 0 radical (unpaired) electrons. The van der Waals surface area contributed by atoms with Gasteiger partial charge in [-0.25, -0.2) is 17.5 Å². The second-order valence-electron chi connectivity index (χ2n) is 4.17. The zero-order valence-corrected chi connectivity index (χ0v) is 11.5. The number of nitrogens with zero attached hydrogens (tertiary/aromatic N) is 2. The zero-order chi connectivity index (χ0) is 14.6. The molecule has 8 heteroatoms. The van der Waals surface area contributed by atoms with Gasteiger partial charge in [0.25, 0.3) is 0 Å². The SMILES string of the molecule is Nc1c(F)cccc1S(=O)(=O)NCCCn1cccn1. The monoisotopic (exact) mass is 298 g/mol. The highest BCUT2D eigenvalue weighted by Gasteiger charge is 2.18. The Balaban J connectivity index is 1.95. The topological polar surface area (TPSA) is 90.0 Å². The summed E-state index contributed by atoms with van der Waals surface area (Å²) >= 11 is 0. The molecule has 0 atom stereocenters. The Bertz CT molecular complexity index is 671. The highest BCUT2D eigenvalue weighted by molar-refractivity contribution is 7.89. The maximum absolute atomic E-state index is 13.3. The van der Waals surface area contributed by atoms with Crippen LogP contribution in [0.25, 0.3) is 0 Å². The van der Waals surface area contributed by atoms with Crippen LogP contribution in [-0.4, -0.2) is 24.7 Å². The lowest BCUT2D eigenvalue weighted by atomic mass is 10.3. The number of aryl methyl sites for hydroxylation is 1. The molecule has 1 aromatic carbocycles. The van der Waals surface area contributed by atoms with E-state index in [1.165, 1.54) is 12.1 Å². The molecule has 0 bridgehead atoms. The van der Waals surface area contributed by atoms with Crippen molar-refractivity contribution in [1.29, 1.82) is 0 Å². The summed E-state index contributed by atoms with van der Waals surface area (Å²) in [5.74, 6) is -0.746. The Morgan fingerprint density at radius 1 is 1.35 bits per heavy atom. The summed E-state index contributed by atoms with van der Waals surface area (Å²) in [6.45, 7) is 0.812. The Morgan fingerprint density at radius 2 is 2.15 bits per heavy atom. The molecular weight excluding hydrogens is 283 g/mol. The first-order chi connectivity index (χ1) is 9.50. The van der Waals surface area contributed by atoms with Gasteiger partial charge in [0, 0.05) is 25.5 Å². The normalized spacial score (nSPS) is 11.7. The average Bonchev–Trinajstić information content (AvgIpc) is 2.91. The molecule has 0 saturated carbocycles. The van der Waals surface area contributed by atoms with E-state index in [0.717, 1.165) is 6.07 Å². The first kappa shape index (κ1) is 14.5. The van der Waals surface area contributed by atoms with Crippen molar-refractivity contribution in [2.24, 2.45) is 0 Å². The maximum Gasteiger partial charge on any atom is 0.242 e. The van der Waals surface area contributed by atoms with Gasteiger partial charge in [-0.3, -0.25) is 4.68 Å². The van der Waals surface area contributed by atoms with Gasteiger partial charge in [0.05, 0.1) is 5.69 Å². The standard InChI is InChI=1S/C12H15FN4O2S/c13-10-4-1-5-11(12(10)14)20(18,19)16-7-3-9-17-8-2-6-15-17/h1-2,4-6,8,16H,3,7,9,14H2. The van der Waals surface area contributed by atoms with Crippen molar-refractivity contribution in [2.45, 2.75) is 17.9 Å². The van der Waals surface area contributed by atoms with Gasteiger partial charge in [0.15, 0.2) is 0 Å². The van der Waals surface area contributed by atoms with Gasteiger partial charge in [-0.1, -0.05) is 6.07 Å². The molecule has 3 N–H and O–H groups in total. The third kappa shape index (κ3) is 3.34. The molecule has 0 saturated heterocycles. The number of nitrogen functional groups attached to an aromatic ring is 1. The molecule has 0 aliphatic carbocycles. The lowest BCUT2D eigenvalue weighted by molar-refractivity contribution is 0.552. The number of benzene rings is 1. The molecule has 0 aliphatic heterocycles. The summed E-state index contributed by atoms with van der Waals surface area (Å²) in [6.07, 6.45) is 4.01. The molecule has 2 rings (SSSR count). The second-order valence-corrected chi connectivity index (χ2v) is 5.91. The summed E-state index contributed by atoms with van der Waals surface area (Å²) in [5.41, 5.74) is 5.07. The molecule has 20 heavy (non-hydrogen) atoms. The van der Waals surface area contributed by atoms with E-state index >= 15 is 0 Å². The highest BCUT2D eigenvalue weighted by atomic mass is 32.2. The Labute approximate surface area is 116 Å². The summed E-state index contributed by atoms with van der Waals surface area (Å²) in [4.78, 5) is -0.239. The molecule has 0 unspecified atom stereocenters. The lowest BCUT2D eigenvalue weighted by Crippen LogP contribution is -2.26. The molecule has 0 aliphatic rings. The van der Waals surface area contributed by atoms with Crippen molar-refractivity contribution < 1.29 is 12.8 Å². The zero-order valence-electron chi connectivity index (χ0n) is 10.7. The van der Waals surface area contributed by atoms with Crippen LogP contribution in [0.15, 0.2) is 41.6 Å². The van der Waals surface area contributed by atoms with Gasteiger partial charge in [-0.15, -0.1) is 0 Å². The summed E-state index contributed by atoms with van der Waals surface area (Å²) in [6, 6.07) is 5.49. The number of anilines is 1. The number of para-hydroxylation sites is 1. The van der Waals surface area contributed by atoms with Crippen molar-refractivity contribution in [3.8, 4) is 0 Å². The first-order valence-corrected chi connectivity index (χ1v) is 7.50. The number of hydrogen-bond donors (Lipinski definition) is 2. The largest absolute Gasteiger partial charge is 0.395 e. The van der Waals surface area contributed by atoms with Crippen molar-refractivity contribution in [1.82, 2.24) is 14.5 Å². The van der Waals surface area contributed by atoms with Crippen LogP contribution in [0, 0.1) is 5.82 Å². The lowest BCUT2D eigenvalue weighted by Gasteiger charge is -2.09. The Morgan fingerprint density at radius 3 is 2.85 bits per heavy atom. The minimum atomic E-state index is -3.80. The van der Waals surface area contributed by atoms with E-state index in [1.807, 2.05) is 0 Å². The number of halogens is 1. The summed E-state index contributed by atoms with van der Waals surface area (Å²) in [5, 5.41) is 4.00. The average molecular weight is 298 g/mol. The van der Waals surface area contributed by atoms with Crippen LogP contribution in [-0.2, 0) is 16.6 Å². The van der Waals surface area contributed by atoms with Crippen LogP contribution < -0.4 is 10.5 Å². The van der Waals surface area contributed by atoms with Gasteiger partial charge in [-0.05, 0) is 24.6 Å². The molecule has 6 nitrogen and oxygen atoms in total. The smallest absolute Gasteiger partial charge is 0.242 e. The third-order valence-electron chi connectivity index (χ3n) is 2.72. The number of rotatable bonds is 6. The maximum atomic E-state index is 13.3. The molecule has 0 fully saturated rings. The van der Waals surface area contributed by atoms with Crippen LogP contribution in [0.3, 0.4) is 0 Å². The van der Waals surface area contributed by atoms with Gasteiger partial charge in [0.1, 0.15) is 10.7 Å². The van der Waals surface area contributed by atoms with Crippen molar-refractivity contribution in [3.05, 3.63) is 42.5 Å². The van der Waals surface area contributed by atoms with E-state index in [2.05, 4.69) is 9.82 Å². The van der Waals surface area contributed by atoms with E-state index in [-0.39, 0.29) is 17.1 Å². The number of nitrogens with two attached hydrogens (primary N) is 1. The van der Waals surface area contributed by atoms with Crippen LogP contribution in [0.2, 0.25) is 0 Å². The van der Waals surface area contributed by atoms with E-state index in [0.29, 0.717) is 13.0 Å². The van der Waals surface area contributed by atoms with Crippen molar-refractivity contribution in [2.75, 3.05) is 12.3 Å². The Hall–Kier alpha value is -1.93. The third-order valence-corrected chi connectivity index (χ3v) is 4.24. The number of nitrogens with one attached hydrogen (secondary N) is 1. The molecule has 0 amide bonds. The van der Waals surface area contributed by atoms with E-state index in [1.54, 1.807) is 23.1 Å². The van der Waals surface area contributed by atoms with Crippen molar-refractivity contribution >= 4 is 15.7 Å². The fourth-order valence-corrected chi connectivity index (χ4v) is 2.92. The number of sulfonamides is 1. The summed E-state index contributed by atoms with van der Waals surface area (Å²) in [7, 11) is -3.80. The van der Waals surface area contributed by atoms with Crippen molar-refractivity contribution in [3.63, 3.8) is 0 Å². The molecule has 108 valence electrons. The first-order valence-electron chi connectivity index (χ1n) is 6.02. The molecule has 0 spiro atoms. The summed E-state index contributed by atoms with van der Waals surface area (Å²) < 4.78 is 41.3. The number of hydrogen-bond acceptors (Lipinski definition) is 4. The second kappa shape index (κ2) is 6.02. The Kier molecular flexibility index (Phi) is 4.35. The molecule has 1 heterocycles. The van der Waals surface area contributed by atoms with Crippen LogP contribution in [0.4, 0.5) is 10.1 Å². The van der Waals surface area contributed by atoms with Gasteiger partial charge < -0.3 is 5.73 Å². The van der Waals surface area contributed by atoms with Gasteiger partial charge in [0.2, 0.25) is 10.0 Å². The molecule has 1 aromatic heterocycles. The van der Waals surface area contributed by atoms with E-state index in [9.17, 15) is 12.8 Å². The van der Waals surface area contributed by atoms with Crippen LogP contribution in [0.1, 0.15) is 6.42 Å². The molecule has 2 aromatic rings. The fourth-order valence-electron chi connectivity index (χ4n) is 1.71. The van der Waals surface area contributed by atoms with E-state index < -0.39 is 15.8 Å². The van der Waals surface area contributed by atoms with Gasteiger partial charge >= 0.3 is 0 Å². The minimum Gasteiger partial charge on any atom is -0.395 e. The van der Waals surface area contributed by atoms with Gasteiger partial charge in [-0.2, -0.15) is 5.10 Å². The predicted octanol–water partition coefficient (Wildman–Crippen LogP) is 0.973. The fraction of sp³-hybridized carbons (Fsp3) is 0.250. The number of aromatic nitrogens is 2. The van der Waals surface area contributed by atoms with Crippen LogP contribution in [0.5, 0.6) is 0 Å². The highest BCUT2D eigenvalue weighted by Crippen LogP contribution is 2.20. The van der Waals surface area contributed by atoms with E-state index in [4.69, 9.17) is 5.73 Å². The molecular formula is C12H15FN4O2S.